The quantitative estimate of drug-likeness (QED) is 0.750. The van der Waals surface area contributed by atoms with Crippen molar-refractivity contribution in [2.24, 2.45) is 11.8 Å². The summed E-state index contributed by atoms with van der Waals surface area (Å²) in [5, 5.41) is 12.0. The lowest BCUT2D eigenvalue weighted by Crippen LogP contribution is -2.40. The maximum atomic E-state index is 11.8. The molecule has 126 valence electrons. The number of carboxylic acids is 1. The second-order valence-electron chi connectivity index (χ2n) is 5.44. The molecule has 1 amide bonds. The summed E-state index contributed by atoms with van der Waals surface area (Å²) in [4.78, 5) is 23.2. The first-order valence-corrected chi connectivity index (χ1v) is 8.31. The van der Waals surface area contributed by atoms with Gasteiger partial charge in [0.1, 0.15) is 5.75 Å². The molecule has 0 spiro atoms. The molecular formula is C16H20BrNO5. The van der Waals surface area contributed by atoms with Crippen molar-refractivity contribution in [1.82, 2.24) is 5.32 Å². The minimum atomic E-state index is -0.884. The molecule has 1 saturated heterocycles. The van der Waals surface area contributed by atoms with Crippen LogP contribution >= 0.6 is 15.9 Å². The molecule has 1 aromatic carbocycles. The molecule has 1 atom stereocenters. The fraction of sp³-hybridized carbons (Fsp3) is 0.500. The Bertz CT molecular complexity index is 545. The second kappa shape index (κ2) is 8.88. The van der Waals surface area contributed by atoms with Crippen molar-refractivity contribution < 1.29 is 24.2 Å². The van der Waals surface area contributed by atoms with E-state index in [4.69, 9.17) is 9.47 Å². The van der Waals surface area contributed by atoms with Crippen molar-refractivity contribution in [2.45, 2.75) is 12.8 Å². The number of carbonyl (C=O) groups excluding carboxylic acids is 1. The first-order chi connectivity index (χ1) is 11.1. The second-order valence-corrected chi connectivity index (χ2v) is 6.36. The fourth-order valence-corrected chi connectivity index (χ4v) is 2.93. The van der Waals surface area contributed by atoms with E-state index in [1.54, 1.807) is 12.1 Å². The summed E-state index contributed by atoms with van der Waals surface area (Å²) in [7, 11) is 0. The highest BCUT2D eigenvalue weighted by Gasteiger charge is 2.29. The van der Waals surface area contributed by atoms with Crippen molar-refractivity contribution >= 4 is 27.8 Å². The number of amides is 1. The molecule has 0 aliphatic carbocycles. The third-order valence-electron chi connectivity index (χ3n) is 3.84. The van der Waals surface area contributed by atoms with E-state index in [-0.39, 0.29) is 25.0 Å². The van der Waals surface area contributed by atoms with Gasteiger partial charge in [-0.1, -0.05) is 22.0 Å². The molecule has 6 nitrogen and oxygen atoms in total. The lowest BCUT2D eigenvalue weighted by molar-refractivity contribution is -0.145. The molecule has 2 N–H and O–H groups in total. The van der Waals surface area contributed by atoms with Gasteiger partial charge in [0, 0.05) is 24.2 Å². The highest BCUT2D eigenvalue weighted by atomic mass is 79.9. The van der Waals surface area contributed by atoms with Crippen molar-refractivity contribution in [3.8, 4) is 5.75 Å². The van der Waals surface area contributed by atoms with Gasteiger partial charge in [0.2, 0.25) is 0 Å². The lowest BCUT2D eigenvalue weighted by Gasteiger charge is -2.27. The minimum absolute atomic E-state index is 0.0348. The number of halogens is 1. The van der Waals surface area contributed by atoms with Gasteiger partial charge >= 0.3 is 5.97 Å². The predicted molar refractivity (Wildman–Crippen MR) is 87.3 cm³/mol. The van der Waals surface area contributed by atoms with Crippen LogP contribution in [0.2, 0.25) is 0 Å². The number of aliphatic carboxylic acids is 1. The molecule has 23 heavy (non-hydrogen) atoms. The van der Waals surface area contributed by atoms with Gasteiger partial charge in [-0.3, -0.25) is 9.59 Å². The lowest BCUT2D eigenvalue weighted by atomic mass is 9.86. The first kappa shape index (κ1) is 17.7. The molecule has 1 heterocycles. The van der Waals surface area contributed by atoms with Crippen LogP contribution in [0, 0.1) is 11.8 Å². The SMILES string of the molecule is O=C(COc1cccc(Br)c1)NCC(C(=O)O)C1CCOCC1. The van der Waals surface area contributed by atoms with Gasteiger partial charge in [-0.15, -0.1) is 0 Å². The van der Waals surface area contributed by atoms with E-state index in [0.29, 0.717) is 31.8 Å². The summed E-state index contributed by atoms with van der Waals surface area (Å²) in [6.07, 6.45) is 1.42. The molecule has 1 unspecified atom stereocenters. The summed E-state index contributed by atoms with van der Waals surface area (Å²) in [5.41, 5.74) is 0. The normalized spacial score (nSPS) is 16.6. The van der Waals surface area contributed by atoms with Gasteiger partial charge in [-0.2, -0.15) is 0 Å². The summed E-state index contributed by atoms with van der Waals surface area (Å²) in [5.74, 6) is -1.19. The van der Waals surface area contributed by atoms with E-state index >= 15 is 0 Å². The number of rotatable bonds is 7. The Morgan fingerprint density at radius 2 is 2.13 bits per heavy atom. The zero-order valence-electron chi connectivity index (χ0n) is 12.7. The smallest absolute Gasteiger partial charge is 0.308 e. The number of hydrogen-bond donors (Lipinski definition) is 2. The van der Waals surface area contributed by atoms with E-state index in [9.17, 15) is 14.7 Å². The fourth-order valence-electron chi connectivity index (χ4n) is 2.55. The van der Waals surface area contributed by atoms with Crippen LogP contribution < -0.4 is 10.1 Å². The maximum Gasteiger partial charge on any atom is 0.308 e. The summed E-state index contributed by atoms with van der Waals surface area (Å²) >= 11 is 3.32. The number of ether oxygens (including phenoxy) is 2. The van der Waals surface area contributed by atoms with E-state index in [1.165, 1.54) is 0 Å². The standard InChI is InChI=1S/C16H20BrNO5/c17-12-2-1-3-13(8-12)23-10-15(19)18-9-14(16(20)21)11-4-6-22-7-5-11/h1-3,8,11,14H,4-7,9-10H2,(H,18,19)(H,20,21). The third-order valence-corrected chi connectivity index (χ3v) is 4.33. The molecule has 1 aliphatic heterocycles. The number of nitrogens with one attached hydrogen (secondary N) is 1. The third kappa shape index (κ3) is 5.84. The molecule has 1 aliphatic rings. The molecule has 0 bridgehead atoms. The van der Waals surface area contributed by atoms with E-state index < -0.39 is 11.9 Å². The molecule has 0 aromatic heterocycles. The van der Waals surface area contributed by atoms with Gasteiger partial charge in [0.15, 0.2) is 6.61 Å². The van der Waals surface area contributed by atoms with Gasteiger partial charge < -0.3 is 19.9 Å². The number of hydrogen-bond acceptors (Lipinski definition) is 4. The van der Waals surface area contributed by atoms with Gasteiger partial charge in [0.05, 0.1) is 5.92 Å². The van der Waals surface area contributed by atoms with Crippen molar-refractivity contribution in [2.75, 3.05) is 26.4 Å². The summed E-state index contributed by atoms with van der Waals surface area (Å²) < 4.78 is 11.5. The highest BCUT2D eigenvalue weighted by molar-refractivity contribution is 9.10. The average Bonchev–Trinajstić information content (AvgIpc) is 2.54. The van der Waals surface area contributed by atoms with Crippen LogP contribution in [0.4, 0.5) is 0 Å². The minimum Gasteiger partial charge on any atom is -0.484 e. The monoisotopic (exact) mass is 385 g/mol. The average molecular weight is 386 g/mol. The largest absolute Gasteiger partial charge is 0.484 e. The number of benzene rings is 1. The topological polar surface area (TPSA) is 84.9 Å². The van der Waals surface area contributed by atoms with E-state index in [0.717, 1.165) is 4.47 Å². The Kier molecular flexibility index (Phi) is 6.85. The Labute approximate surface area is 143 Å². The van der Waals surface area contributed by atoms with E-state index in [2.05, 4.69) is 21.2 Å². The van der Waals surface area contributed by atoms with Gasteiger partial charge in [-0.05, 0) is 37.0 Å². The molecule has 1 fully saturated rings. The Balaban J connectivity index is 1.78. The predicted octanol–water partition coefficient (Wildman–Crippen LogP) is 2.07. The van der Waals surface area contributed by atoms with Crippen LogP contribution in [0.5, 0.6) is 5.75 Å². The van der Waals surface area contributed by atoms with Crippen molar-refractivity contribution in [1.29, 1.82) is 0 Å². The zero-order valence-corrected chi connectivity index (χ0v) is 14.3. The number of carbonyl (C=O) groups is 2. The van der Waals surface area contributed by atoms with E-state index in [1.807, 2.05) is 12.1 Å². The molecule has 2 rings (SSSR count). The van der Waals surface area contributed by atoms with Crippen LogP contribution in [-0.2, 0) is 14.3 Å². The Morgan fingerprint density at radius 3 is 2.78 bits per heavy atom. The Morgan fingerprint density at radius 1 is 1.39 bits per heavy atom. The molecule has 1 aromatic rings. The molecule has 7 heteroatoms. The maximum absolute atomic E-state index is 11.8. The van der Waals surface area contributed by atoms with Crippen molar-refractivity contribution in [3.05, 3.63) is 28.7 Å². The summed E-state index contributed by atoms with van der Waals surface area (Å²) in [6.45, 7) is 1.13. The zero-order chi connectivity index (χ0) is 16.7. The summed E-state index contributed by atoms with van der Waals surface area (Å²) in [6, 6.07) is 7.18. The van der Waals surface area contributed by atoms with Crippen LogP contribution in [0.25, 0.3) is 0 Å². The van der Waals surface area contributed by atoms with Gasteiger partial charge in [0.25, 0.3) is 5.91 Å². The van der Waals surface area contributed by atoms with Crippen molar-refractivity contribution in [3.63, 3.8) is 0 Å². The highest BCUT2D eigenvalue weighted by Crippen LogP contribution is 2.23. The van der Waals surface area contributed by atoms with Crippen LogP contribution in [-0.4, -0.2) is 43.3 Å². The Hall–Kier alpha value is -1.60. The van der Waals surface area contributed by atoms with Crippen LogP contribution in [0.3, 0.4) is 0 Å². The molecule has 0 radical (unpaired) electrons. The van der Waals surface area contributed by atoms with Crippen LogP contribution in [0.1, 0.15) is 12.8 Å². The molecule has 0 saturated carbocycles. The number of carboxylic acid groups (broad SMARTS) is 1. The molecular weight excluding hydrogens is 366 g/mol. The van der Waals surface area contributed by atoms with Crippen LogP contribution in [0.15, 0.2) is 28.7 Å². The first-order valence-electron chi connectivity index (χ1n) is 7.52. The van der Waals surface area contributed by atoms with Gasteiger partial charge in [-0.25, -0.2) is 0 Å².